The summed E-state index contributed by atoms with van der Waals surface area (Å²) in [6.07, 6.45) is 16.0. The van der Waals surface area contributed by atoms with Gasteiger partial charge in [0.05, 0.1) is 29.1 Å². The molecular formula is C37H27N3. The van der Waals surface area contributed by atoms with Crippen LogP contribution in [-0.2, 0) is 0 Å². The fourth-order valence-electron chi connectivity index (χ4n) is 6.89. The number of nitrogens with zero attached hydrogens (tertiary/aromatic N) is 3. The van der Waals surface area contributed by atoms with Gasteiger partial charge in [-0.1, -0.05) is 97.1 Å². The van der Waals surface area contributed by atoms with Gasteiger partial charge in [-0.2, -0.15) is 5.26 Å². The van der Waals surface area contributed by atoms with Gasteiger partial charge in [-0.25, -0.2) is 0 Å². The van der Waals surface area contributed by atoms with Crippen molar-refractivity contribution >= 4 is 27.5 Å². The van der Waals surface area contributed by atoms with Gasteiger partial charge in [0.25, 0.3) is 0 Å². The third-order valence-electron chi connectivity index (χ3n) is 8.64. The highest BCUT2D eigenvalue weighted by atomic mass is 15.2. The Bertz CT molecular complexity index is 1960. The summed E-state index contributed by atoms with van der Waals surface area (Å²) in [5.41, 5.74) is 9.64. The second kappa shape index (κ2) is 9.00. The number of para-hydroxylation sites is 3. The van der Waals surface area contributed by atoms with E-state index in [1.807, 2.05) is 0 Å². The number of allylic oxidation sites excluding steroid dienone is 6. The first-order valence-electron chi connectivity index (χ1n) is 14.0. The summed E-state index contributed by atoms with van der Waals surface area (Å²) in [5.74, 6) is 0.108. The van der Waals surface area contributed by atoms with Crippen molar-refractivity contribution in [3.63, 3.8) is 0 Å². The van der Waals surface area contributed by atoms with Gasteiger partial charge in [-0.05, 0) is 54.0 Å². The van der Waals surface area contributed by atoms with E-state index in [0.717, 1.165) is 17.8 Å². The molecule has 0 amide bonds. The first-order chi connectivity index (χ1) is 19.8. The fraction of sp³-hybridized carbons (Fsp3) is 0.108. The van der Waals surface area contributed by atoms with E-state index >= 15 is 0 Å². The second-order valence-corrected chi connectivity index (χ2v) is 10.8. The average molecular weight is 514 g/mol. The highest BCUT2D eigenvalue weighted by molar-refractivity contribution is 6.13. The minimum absolute atomic E-state index is 0.133. The zero-order valence-electron chi connectivity index (χ0n) is 22.0. The second-order valence-electron chi connectivity index (χ2n) is 10.8. The van der Waals surface area contributed by atoms with Gasteiger partial charge in [0.15, 0.2) is 0 Å². The Balaban J connectivity index is 1.36. The molecule has 8 rings (SSSR count). The van der Waals surface area contributed by atoms with Crippen LogP contribution < -0.4 is 4.90 Å². The molecular weight excluding hydrogens is 486 g/mol. The lowest BCUT2D eigenvalue weighted by atomic mass is 9.89. The van der Waals surface area contributed by atoms with Crippen LogP contribution in [0.25, 0.3) is 38.6 Å². The molecule has 0 saturated carbocycles. The van der Waals surface area contributed by atoms with Gasteiger partial charge < -0.3 is 9.47 Å². The van der Waals surface area contributed by atoms with Crippen molar-refractivity contribution in [3.8, 4) is 22.9 Å². The van der Waals surface area contributed by atoms with Crippen LogP contribution in [0.2, 0.25) is 0 Å². The molecule has 1 aliphatic heterocycles. The lowest BCUT2D eigenvalue weighted by Crippen LogP contribution is -2.35. The van der Waals surface area contributed by atoms with Crippen LogP contribution in [0.3, 0.4) is 0 Å². The predicted molar refractivity (Wildman–Crippen MR) is 164 cm³/mol. The van der Waals surface area contributed by atoms with E-state index in [4.69, 9.17) is 0 Å². The summed E-state index contributed by atoms with van der Waals surface area (Å²) < 4.78 is 2.41. The molecule has 4 aromatic carbocycles. The molecule has 0 radical (unpaired) electrons. The van der Waals surface area contributed by atoms with Crippen molar-refractivity contribution in [2.24, 2.45) is 5.92 Å². The van der Waals surface area contributed by atoms with Crippen LogP contribution in [0.5, 0.6) is 0 Å². The van der Waals surface area contributed by atoms with E-state index in [2.05, 4.69) is 149 Å². The van der Waals surface area contributed by atoms with Crippen LogP contribution in [-0.4, -0.2) is 10.6 Å². The molecule has 0 spiro atoms. The zero-order valence-corrected chi connectivity index (χ0v) is 22.0. The number of hydrogen-bond donors (Lipinski definition) is 0. The number of aromatic nitrogens is 1. The first-order valence-corrected chi connectivity index (χ1v) is 14.0. The van der Waals surface area contributed by atoms with Gasteiger partial charge in [0.2, 0.25) is 0 Å². The maximum Gasteiger partial charge on any atom is 0.0899 e. The summed E-state index contributed by atoms with van der Waals surface area (Å²) in [5, 5.41) is 12.5. The highest BCUT2D eigenvalue weighted by Crippen LogP contribution is 2.49. The molecule has 40 heavy (non-hydrogen) atoms. The standard InChI is InChI=1S/C37H27N3/c38-24-26-11-4-7-18-33(26)40-35-20-9-6-15-30(35)32-23-25(21-22-36(32)40)28-16-10-17-31-29-14-5-8-19-34(29)39(37(28)31)27-12-2-1-3-13-27/h1-10,12-23,26,30,35H,11H2. The Labute approximate surface area is 233 Å². The molecule has 3 atom stereocenters. The Morgan fingerprint density at radius 3 is 2.50 bits per heavy atom. The lowest BCUT2D eigenvalue weighted by molar-refractivity contribution is 0.658. The molecule has 3 aliphatic rings. The summed E-state index contributed by atoms with van der Waals surface area (Å²) >= 11 is 0. The van der Waals surface area contributed by atoms with Crippen molar-refractivity contribution in [3.05, 3.63) is 145 Å². The van der Waals surface area contributed by atoms with Crippen molar-refractivity contribution in [1.29, 1.82) is 5.26 Å². The first kappa shape index (κ1) is 22.9. The minimum Gasteiger partial charge on any atom is -0.336 e. The fourth-order valence-corrected chi connectivity index (χ4v) is 6.89. The SMILES string of the molecule is N#CC1CC=CC=C1N1c2ccc(-c3cccc4c5ccccc5n(-c5ccccc5)c34)cc2C2C=CC=CC21. The van der Waals surface area contributed by atoms with E-state index in [0.29, 0.717) is 0 Å². The maximum absolute atomic E-state index is 9.95. The monoisotopic (exact) mass is 513 g/mol. The Kier molecular flexibility index (Phi) is 5.15. The molecule has 3 nitrogen and oxygen atoms in total. The molecule has 3 unspecified atom stereocenters. The molecule has 5 aromatic rings. The molecule has 0 bridgehead atoms. The van der Waals surface area contributed by atoms with E-state index in [1.165, 1.54) is 44.2 Å². The van der Waals surface area contributed by atoms with Gasteiger partial charge in [-0.15, -0.1) is 0 Å². The van der Waals surface area contributed by atoms with E-state index in [-0.39, 0.29) is 17.9 Å². The molecule has 2 heterocycles. The number of anilines is 1. The molecule has 3 heteroatoms. The minimum atomic E-state index is -0.133. The van der Waals surface area contributed by atoms with Gasteiger partial charge in [0, 0.05) is 39.3 Å². The molecule has 0 fully saturated rings. The Morgan fingerprint density at radius 1 is 0.775 bits per heavy atom. The third kappa shape index (κ3) is 3.30. The van der Waals surface area contributed by atoms with E-state index < -0.39 is 0 Å². The number of benzene rings is 4. The smallest absolute Gasteiger partial charge is 0.0899 e. The van der Waals surface area contributed by atoms with Crippen LogP contribution in [0.15, 0.2) is 139 Å². The number of hydrogen-bond acceptors (Lipinski definition) is 2. The maximum atomic E-state index is 9.95. The molecule has 0 N–H and O–H groups in total. The van der Waals surface area contributed by atoms with Crippen LogP contribution in [0.1, 0.15) is 17.9 Å². The number of rotatable bonds is 3. The average Bonchev–Trinajstić information content (AvgIpc) is 3.54. The van der Waals surface area contributed by atoms with Gasteiger partial charge in [-0.3, -0.25) is 0 Å². The Hall–Kier alpha value is -5.07. The molecule has 1 aromatic heterocycles. The summed E-state index contributed by atoms with van der Waals surface area (Å²) in [7, 11) is 0. The number of fused-ring (bicyclic) bond motifs is 6. The number of nitriles is 1. The Morgan fingerprint density at radius 2 is 1.60 bits per heavy atom. The quantitative estimate of drug-likeness (QED) is 0.241. The molecule has 2 aliphatic carbocycles. The summed E-state index contributed by atoms with van der Waals surface area (Å²) in [6.45, 7) is 0. The van der Waals surface area contributed by atoms with Gasteiger partial charge in [0.1, 0.15) is 0 Å². The topological polar surface area (TPSA) is 32.0 Å². The third-order valence-corrected chi connectivity index (χ3v) is 8.64. The van der Waals surface area contributed by atoms with Gasteiger partial charge >= 0.3 is 0 Å². The molecule has 0 saturated heterocycles. The van der Waals surface area contributed by atoms with Crippen LogP contribution >= 0.6 is 0 Å². The molecule has 190 valence electrons. The zero-order chi connectivity index (χ0) is 26.6. The van der Waals surface area contributed by atoms with Crippen molar-refractivity contribution in [2.45, 2.75) is 18.4 Å². The highest BCUT2D eigenvalue weighted by Gasteiger charge is 2.40. The van der Waals surface area contributed by atoms with Crippen LogP contribution in [0.4, 0.5) is 5.69 Å². The summed E-state index contributed by atoms with van der Waals surface area (Å²) in [4.78, 5) is 2.41. The predicted octanol–water partition coefficient (Wildman–Crippen LogP) is 8.83. The van der Waals surface area contributed by atoms with Crippen LogP contribution in [0, 0.1) is 17.2 Å². The van der Waals surface area contributed by atoms with E-state index in [9.17, 15) is 5.26 Å². The van der Waals surface area contributed by atoms with Crippen molar-refractivity contribution < 1.29 is 0 Å². The lowest BCUT2D eigenvalue weighted by Gasteiger charge is -2.33. The van der Waals surface area contributed by atoms with E-state index in [1.54, 1.807) is 0 Å². The largest absolute Gasteiger partial charge is 0.336 e. The normalized spacial score (nSPS) is 20.9. The van der Waals surface area contributed by atoms with Crippen molar-refractivity contribution in [2.75, 3.05) is 4.90 Å². The summed E-state index contributed by atoms with van der Waals surface area (Å²) in [6, 6.07) is 35.7. The van der Waals surface area contributed by atoms with Crippen molar-refractivity contribution in [1.82, 2.24) is 4.57 Å².